The second-order valence-electron chi connectivity index (χ2n) is 2.80. The Morgan fingerprint density at radius 3 is 2.25 bits per heavy atom. The predicted octanol–water partition coefficient (Wildman–Crippen LogP) is 0.811. The van der Waals surface area contributed by atoms with Gasteiger partial charge in [-0.15, -0.1) is 0 Å². The summed E-state index contributed by atoms with van der Waals surface area (Å²) in [6.07, 6.45) is 2.87. The monoisotopic (exact) mass is 221 g/mol. The van der Waals surface area contributed by atoms with Gasteiger partial charge in [-0.1, -0.05) is 6.07 Å². The number of carbonyl (C=O) groups is 2. The van der Waals surface area contributed by atoms with Crippen LogP contribution in [-0.4, -0.2) is 31.1 Å². The van der Waals surface area contributed by atoms with Gasteiger partial charge in [0.25, 0.3) is 0 Å². The molecule has 1 aromatic heterocycles. The smallest absolute Gasteiger partial charge is 0.345 e. The number of pyridine rings is 1. The molecule has 1 rings (SSSR count). The van der Waals surface area contributed by atoms with Crippen LogP contribution in [0.4, 0.5) is 0 Å². The highest BCUT2D eigenvalue weighted by Crippen LogP contribution is 2.07. The van der Waals surface area contributed by atoms with Crippen molar-refractivity contribution in [3.8, 4) is 0 Å². The number of hydrogen-bond donors (Lipinski definition) is 0. The zero-order valence-electron chi connectivity index (χ0n) is 8.97. The van der Waals surface area contributed by atoms with E-state index in [0.29, 0.717) is 5.69 Å². The Balaban J connectivity index is 3.06. The van der Waals surface area contributed by atoms with Crippen molar-refractivity contribution in [2.45, 2.75) is 0 Å². The summed E-state index contributed by atoms with van der Waals surface area (Å²) >= 11 is 0. The van der Waals surface area contributed by atoms with E-state index in [1.807, 2.05) is 0 Å². The highest BCUT2D eigenvalue weighted by Gasteiger charge is 2.19. The summed E-state index contributed by atoms with van der Waals surface area (Å²) in [5.41, 5.74) is 0.289. The molecule has 0 radical (unpaired) electrons. The molecule has 0 aliphatic heterocycles. The fourth-order valence-corrected chi connectivity index (χ4v) is 1.03. The van der Waals surface area contributed by atoms with Gasteiger partial charge in [-0.05, 0) is 18.2 Å². The van der Waals surface area contributed by atoms with Gasteiger partial charge < -0.3 is 9.47 Å². The Bertz CT molecular complexity index is 393. The minimum Gasteiger partial charge on any atom is -0.465 e. The molecule has 0 aliphatic rings. The molecule has 0 bridgehead atoms. The third-order valence-electron chi connectivity index (χ3n) is 1.79. The molecule has 5 heteroatoms. The standard InChI is InChI=1S/C11H11NO4/c1-15-10(13)9(11(14)16-2)7-8-5-3-4-6-12-8/h3-7H,1-2H3. The lowest BCUT2D eigenvalue weighted by atomic mass is 10.2. The van der Waals surface area contributed by atoms with Crippen LogP contribution in [0.25, 0.3) is 6.08 Å². The lowest BCUT2D eigenvalue weighted by Crippen LogP contribution is -2.15. The maximum atomic E-state index is 11.3. The van der Waals surface area contributed by atoms with E-state index in [2.05, 4.69) is 14.5 Å². The van der Waals surface area contributed by atoms with Gasteiger partial charge in [0.1, 0.15) is 5.57 Å². The van der Waals surface area contributed by atoms with Gasteiger partial charge in [-0.25, -0.2) is 9.59 Å². The Kier molecular flexibility index (Phi) is 4.20. The van der Waals surface area contributed by atoms with Gasteiger partial charge in [-0.3, -0.25) is 4.98 Å². The van der Waals surface area contributed by atoms with Crippen LogP contribution in [0.2, 0.25) is 0 Å². The van der Waals surface area contributed by atoms with Gasteiger partial charge >= 0.3 is 11.9 Å². The van der Waals surface area contributed by atoms with Crippen molar-refractivity contribution in [3.63, 3.8) is 0 Å². The molecule has 84 valence electrons. The number of nitrogens with zero attached hydrogens (tertiary/aromatic N) is 1. The summed E-state index contributed by atoms with van der Waals surface area (Å²) in [5, 5.41) is 0. The summed E-state index contributed by atoms with van der Waals surface area (Å²) in [6, 6.07) is 5.13. The molecule has 0 aromatic carbocycles. The average molecular weight is 221 g/mol. The van der Waals surface area contributed by atoms with E-state index in [-0.39, 0.29) is 5.57 Å². The normalized spacial score (nSPS) is 9.12. The fraction of sp³-hybridized carbons (Fsp3) is 0.182. The maximum absolute atomic E-state index is 11.3. The van der Waals surface area contributed by atoms with Crippen molar-refractivity contribution in [3.05, 3.63) is 35.7 Å². The van der Waals surface area contributed by atoms with Crippen molar-refractivity contribution < 1.29 is 19.1 Å². The molecule has 0 atom stereocenters. The van der Waals surface area contributed by atoms with Crippen LogP contribution in [0.5, 0.6) is 0 Å². The molecule has 1 aromatic rings. The zero-order valence-corrected chi connectivity index (χ0v) is 8.97. The third kappa shape index (κ3) is 2.91. The molecule has 0 saturated carbocycles. The second-order valence-corrected chi connectivity index (χ2v) is 2.80. The lowest BCUT2D eigenvalue weighted by molar-refractivity contribution is -0.143. The first kappa shape index (κ1) is 11.9. The Morgan fingerprint density at radius 2 is 1.81 bits per heavy atom. The molecule has 0 N–H and O–H groups in total. The SMILES string of the molecule is COC(=O)C(=Cc1ccccn1)C(=O)OC. The molecular formula is C11H11NO4. The summed E-state index contributed by atoms with van der Waals surface area (Å²) in [4.78, 5) is 26.6. The Labute approximate surface area is 92.7 Å². The van der Waals surface area contributed by atoms with Crippen LogP contribution < -0.4 is 0 Å². The van der Waals surface area contributed by atoms with E-state index < -0.39 is 11.9 Å². The molecule has 0 spiro atoms. The van der Waals surface area contributed by atoms with Crippen molar-refractivity contribution >= 4 is 18.0 Å². The summed E-state index contributed by atoms with van der Waals surface area (Å²) < 4.78 is 8.94. The molecule has 0 unspecified atom stereocenters. The molecule has 0 fully saturated rings. The van der Waals surface area contributed by atoms with E-state index in [1.54, 1.807) is 24.4 Å². The largest absolute Gasteiger partial charge is 0.465 e. The first-order valence-corrected chi connectivity index (χ1v) is 4.48. The first-order valence-electron chi connectivity index (χ1n) is 4.48. The van der Waals surface area contributed by atoms with Crippen LogP contribution in [0.3, 0.4) is 0 Å². The lowest BCUT2D eigenvalue weighted by Gasteiger charge is -2.02. The Morgan fingerprint density at radius 1 is 1.19 bits per heavy atom. The molecule has 0 saturated heterocycles. The van der Waals surface area contributed by atoms with Gasteiger partial charge in [0, 0.05) is 6.20 Å². The van der Waals surface area contributed by atoms with Crippen LogP contribution in [0.15, 0.2) is 30.0 Å². The molecule has 1 heterocycles. The van der Waals surface area contributed by atoms with Gasteiger partial charge in [-0.2, -0.15) is 0 Å². The average Bonchev–Trinajstić information content (AvgIpc) is 2.35. The number of carbonyl (C=O) groups excluding carboxylic acids is 2. The summed E-state index contributed by atoms with van der Waals surface area (Å²) in [7, 11) is 2.38. The summed E-state index contributed by atoms with van der Waals surface area (Å²) in [6.45, 7) is 0. The van der Waals surface area contributed by atoms with Crippen LogP contribution in [-0.2, 0) is 19.1 Å². The zero-order chi connectivity index (χ0) is 12.0. The molecule has 5 nitrogen and oxygen atoms in total. The van der Waals surface area contributed by atoms with Crippen molar-refractivity contribution in [2.75, 3.05) is 14.2 Å². The highest BCUT2D eigenvalue weighted by atomic mass is 16.5. The van der Waals surface area contributed by atoms with Gasteiger partial charge in [0.15, 0.2) is 0 Å². The van der Waals surface area contributed by atoms with Crippen molar-refractivity contribution in [1.82, 2.24) is 4.98 Å². The number of aromatic nitrogens is 1. The first-order chi connectivity index (χ1) is 7.69. The van der Waals surface area contributed by atoms with Gasteiger partial charge in [0.05, 0.1) is 19.9 Å². The number of hydrogen-bond acceptors (Lipinski definition) is 5. The second kappa shape index (κ2) is 5.65. The predicted molar refractivity (Wildman–Crippen MR) is 56.2 cm³/mol. The fourth-order valence-electron chi connectivity index (χ4n) is 1.03. The van der Waals surface area contributed by atoms with E-state index in [4.69, 9.17) is 0 Å². The molecular weight excluding hydrogens is 210 g/mol. The number of rotatable bonds is 3. The number of esters is 2. The minimum atomic E-state index is -0.752. The molecule has 0 aliphatic carbocycles. The van der Waals surface area contributed by atoms with E-state index in [9.17, 15) is 9.59 Å². The van der Waals surface area contributed by atoms with E-state index in [1.165, 1.54) is 20.3 Å². The van der Waals surface area contributed by atoms with Crippen molar-refractivity contribution in [2.24, 2.45) is 0 Å². The topological polar surface area (TPSA) is 65.5 Å². The number of methoxy groups -OCH3 is 2. The van der Waals surface area contributed by atoms with Crippen LogP contribution >= 0.6 is 0 Å². The van der Waals surface area contributed by atoms with Crippen LogP contribution in [0.1, 0.15) is 5.69 Å². The van der Waals surface area contributed by atoms with Crippen LogP contribution in [0, 0.1) is 0 Å². The highest BCUT2D eigenvalue weighted by molar-refractivity contribution is 6.17. The van der Waals surface area contributed by atoms with Crippen molar-refractivity contribution in [1.29, 1.82) is 0 Å². The van der Waals surface area contributed by atoms with Gasteiger partial charge in [0.2, 0.25) is 0 Å². The molecule has 0 amide bonds. The van der Waals surface area contributed by atoms with E-state index >= 15 is 0 Å². The summed E-state index contributed by atoms with van der Waals surface area (Å²) in [5.74, 6) is -1.50. The third-order valence-corrected chi connectivity index (χ3v) is 1.79. The van der Waals surface area contributed by atoms with E-state index in [0.717, 1.165) is 0 Å². The Hall–Kier alpha value is -2.17. The quantitative estimate of drug-likeness (QED) is 0.327. The minimum absolute atomic E-state index is 0.191. The maximum Gasteiger partial charge on any atom is 0.345 e. The number of ether oxygens (including phenoxy) is 2. The molecule has 16 heavy (non-hydrogen) atoms.